The van der Waals surface area contributed by atoms with Crippen LogP contribution < -0.4 is 5.73 Å². The Balaban J connectivity index is 0.000000472. The standard InChI is InChI=1S/C27H34FN3O.C8H16/c1-6-26(19(3)14-22-9-10-24(28)15-18(22)2)21(5)31-13-11-23(16-20(31)4)27(32)30-12-7-8-25(29)17-30;1-3-7(2)6-8-4-5-8/h9-11,13-16,25H,4,6-8,12,17,29H2,1-3,5H3;7-8H,3-6H2,1-2H3/b19-14+,26-21+;. The van der Waals surface area contributed by atoms with Crippen LogP contribution in [-0.4, -0.2) is 34.8 Å². The molecule has 1 aromatic carbocycles. The second kappa shape index (κ2) is 14.6. The van der Waals surface area contributed by atoms with Crippen LogP contribution >= 0.6 is 0 Å². The minimum absolute atomic E-state index is 0.0115. The van der Waals surface area contributed by atoms with Crippen LogP contribution in [0.1, 0.15) is 90.7 Å². The molecule has 1 saturated heterocycles. The maximum Gasteiger partial charge on any atom is 0.254 e. The van der Waals surface area contributed by atoms with Crippen LogP contribution in [0.3, 0.4) is 0 Å². The molecule has 3 aliphatic rings. The van der Waals surface area contributed by atoms with Crippen LogP contribution in [0.2, 0.25) is 0 Å². The van der Waals surface area contributed by atoms with Gasteiger partial charge >= 0.3 is 0 Å². The molecule has 0 spiro atoms. The molecule has 2 N–H and O–H groups in total. The lowest BCUT2D eigenvalue weighted by molar-refractivity contribution is -0.127. The summed E-state index contributed by atoms with van der Waals surface area (Å²) in [5.41, 5.74) is 12.7. The number of piperidine rings is 1. The highest BCUT2D eigenvalue weighted by Gasteiger charge is 2.25. The first-order valence-corrected chi connectivity index (χ1v) is 15.1. The van der Waals surface area contributed by atoms with E-state index in [1.165, 1.54) is 37.3 Å². The van der Waals surface area contributed by atoms with Gasteiger partial charge in [0.1, 0.15) is 5.82 Å². The van der Waals surface area contributed by atoms with Crippen molar-refractivity contribution in [3.63, 3.8) is 0 Å². The fourth-order valence-corrected chi connectivity index (χ4v) is 5.56. The summed E-state index contributed by atoms with van der Waals surface area (Å²) >= 11 is 0. The molecule has 218 valence electrons. The molecule has 2 unspecified atom stereocenters. The quantitative estimate of drug-likeness (QED) is 0.333. The van der Waals surface area contributed by atoms with Crippen molar-refractivity contribution < 1.29 is 9.18 Å². The second-order valence-corrected chi connectivity index (χ2v) is 11.9. The Kier molecular flexibility index (Phi) is 11.6. The summed E-state index contributed by atoms with van der Waals surface area (Å²) in [5.74, 6) is 1.91. The van der Waals surface area contributed by atoms with Gasteiger partial charge in [0.15, 0.2) is 0 Å². The van der Waals surface area contributed by atoms with Crippen LogP contribution in [0.5, 0.6) is 0 Å². The summed E-state index contributed by atoms with van der Waals surface area (Å²) < 4.78 is 13.5. The van der Waals surface area contributed by atoms with E-state index in [-0.39, 0.29) is 17.8 Å². The Morgan fingerprint density at radius 3 is 2.52 bits per heavy atom. The van der Waals surface area contributed by atoms with E-state index in [1.807, 2.05) is 41.1 Å². The van der Waals surface area contributed by atoms with Gasteiger partial charge in [0.2, 0.25) is 0 Å². The van der Waals surface area contributed by atoms with Crippen molar-refractivity contribution in [2.75, 3.05) is 13.1 Å². The van der Waals surface area contributed by atoms with Crippen molar-refractivity contribution in [1.82, 2.24) is 9.80 Å². The zero-order valence-corrected chi connectivity index (χ0v) is 25.6. The summed E-state index contributed by atoms with van der Waals surface area (Å²) in [5, 5.41) is 0. The average molecular weight is 548 g/mol. The highest BCUT2D eigenvalue weighted by molar-refractivity contribution is 5.97. The molecule has 0 radical (unpaired) electrons. The third kappa shape index (κ3) is 8.79. The van der Waals surface area contributed by atoms with Crippen molar-refractivity contribution in [3.05, 3.63) is 88.2 Å². The van der Waals surface area contributed by atoms with Gasteiger partial charge in [-0.05, 0) is 105 Å². The Morgan fingerprint density at radius 2 is 1.95 bits per heavy atom. The first-order valence-electron chi connectivity index (χ1n) is 15.1. The molecule has 1 aromatic rings. The van der Waals surface area contributed by atoms with Gasteiger partial charge in [-0.3, -0.25) is 4.79 Å². The number of nitrogens with two attached hydrogens (primary N) is 1. The lowest BCUT2D eigenvalue weighted by Crippen LogP contribution is -2.46. The number of amides is 1. The van der Waals surface area contributed by atoms with Gasteiger partial charge in [-0.25, -0.2) is 4.39 Å². The van der Waals surface area contributed by atoms with Crippen LogP contribution in [0, 0.1) is 24.6 Å². The number of benzene rings is 1. The van der Waals surface area contributed by atoms with Gasteiger partial charge in [-0.1, -0.05) is 58.8 Å². The predicted octanol–water partition coefficient (Wildman–Crippen LogP) is 8.27. The smallest absolute Gasteiger partial charge is 0.254 e. The van der Waals surface area contributed by atoms with Crippen LogP contribution in [0.4, 0.5) is 4.39 Å². The van der Waals surface area contributed by atoms with E-state index in [9.17, 15) is 9.18 Å². The zero-order valence-electron chi connectivity index (χ0n) is 25.6. The number of rotatable bonds is 8. The molecule has 4 rings (SSSR count). The first kappa shape index (κ1) is 31.6. The molecule has 2 aliphatic heterocycles. The normalized spacial score (nSPS) is 20.9. The summed E-state index contributed by atoms with van der Waals surface area (Å²) in [6.07, 6.45) is 16.4. The summed E-state index contributed by atoms with van der Waals surface area (Å²) in [6.45, 7) is 18.4. The Bertz CT molecular complexity index is 1190. The number of hydrogen-bond donors (Lipinski definition) is 1. The summed E-state index contributed by atoms with van der Waals surface area (Å²) in [7, 11) is 0. The molecule has 1 aliphatic carbocycles. The fraction of sp³-hybridized carbons (Fsp3) is 0.514. The van der Waals surface area contributed by atoms with E-state index in [2.05, 4.69) is 47.3 Å². The number of allylic oxidation sites excluding steroid dienone is 4. The molecule has 0 aromatic heterocycles. The molecular weight excluding hydrogens is 497 g/mol. The van der Waals surface area contributed by atoms with Crippen LogP contribution in [0.15, 0.2) is 71.2 Å². The molecule has 4 nitrogen and oxygen atoms in total. The molecule has 1 saturated carbocycles. The largest absolute Gasteiger partial charge is 0.337 e. The monoisotopic (exact) mass is 547 g/mol. The maximum atomic E-state index is 13.5. The molecular formula is C35H50FN3O. The maximum absolute atomic E-state index is 13.5. The molecule has 5 heteroatoms. The van der Waals surface area contributed by atoms with Gasteiger partial charge in [0.05, 0.1) is 0 Å². The number of carbonyl (C=O) groups is 1. The van der Waals surface area contributed by atoms with Gasteiger partial charge in [0.25, 0.3) is 5.91 Å². The molecule has 2 heterocycles. The minimum Gasteiger partial charge on any atom is -0.337 e. The van der Waals surface area contributed by atoms with E-state index in [4.69, 9.17) is 5.73 Å². The van der Waals surface area contributed by atoms with E-state index in [0.29, 0.717) is 12.1 Å². The topological polar surface area (TPSA) is 49.6 Å². The van der Waals surface area contributed by atoms with E-state index in [0.717, 1.165) is 65.7 Å². The average Bonchev–Trinajstić information content (AvgIpc) is 3.74. The highest BCUT2D eigenvalue weighted by atomic mass is 19.1. The molecule has 1 amide bonds. The van der Waals surface area contributed by atoms with E-state index in [1.54, 1.807) is 6.07 Å². The fourth-order valence-electron chi connectivity index (χ4n) is 5.56. The second-order valence-electron chi connectivity index (χ2n) is 11.9. The van der Waals surface area contributed by atoms with Gasteiger partial charge in [-0.15, -0.1) is 0 Å². The minimum atomic E-state index is -0.224. The summed E-state index contributed by atoms with van der Waals surface area (Å²) in [6, 6.07) is 4.90. The van der Waals surface area contributed by atoms with Crippen LogP contribution in [-0.2, 0) is 4.79 Å². The third-order valence-corrected chi connectivity index (χ3v) is 8.39. The van der Waals surface area contributed by atoms with Crippen molar-refractivity contribution in [1.29, 1.82) is 0 Å². The van der Waals surface area contributed by atoms with Gasteiger partial charge in [-0.2, -0.15) is 0 Å². The van der Waals surface area contributed by atoms with Gasteiger partial charge in [0, 0.05) is 42.3 Å². The molecule has 2 fully saturated rings. The number of aryl methyl sites for hydroxylation is 1. The lowest BCUT2D eigenvalue weighted by atomic mass is 9.97. The highest BCUT2D eigenvalue weighted by Crippen LogP contribution is 2.35. The van der Waals surface area contributed by atoms with E-state index >= 15 is 0 Å². The summed E-state index contributed by atoms with van der Waals surface area (Å²) in [4.78, 5) is 16.8. The van der Waals surface area contributed by atoms with Crippen molar-refractivity contribution in [2.24, 2.45) is 17.6 Å². The molecule has 0 bridgehead atoms. The zero-order chi connectivity index (χ0) is 29.4. The molecule has 2 atom stereocenters. The number of likely N-dealkylation sites (tertiary alicyclic amines) is 1. The number of hydrogen-bond acceptors (Lipinski definition) is 3. The molecule has 40 heavy (non-hydrogen) atoms. The third-order valence-electron chi connectivity index (χ3n) is 8.39. The number of carbonyl (C=O) groups excluding carboxylic acids is 1. The van der Waals surface area contributed by atoms with E-state index < -0.39 is 0 Å². The Morgan fingerprint density at radius 1 is 1.23 bits per heavy atom. The van der Waals surface area contributed by atoms with Crippen molar-refractivity contribution >= 4 is 12.0 Å². The van der Waals surface area contributed by atoms with Gasteiger partial charge < -0.3 is 15.5 Å². The van der Waals surface area contributed by atoms with Crippen molar-refractivity contribution in [3.8, 4) is 0 Å². The Hall–Kier alpha value is -2.92. The number of nitrogens with zero attached hydrogens (tertiary/aromatic N) is 2. The Labute approximate surface area is 242 Å². The predicted molar refractivity (Wildman–Crippen MR) is 167 cm³/mol. The SMILES string of the molecule is C=C1C=C(C(=O)N2CCCC(N)C2)C=CN1/C(C)=C(CC)/C(C)=C/c1ccc(F)cc1C.CCC(C)CC1CC1. The number of halogens is 1. The lowest BCUT2D eigenvalue weighted by Gasteiger charge is -2.33. The van der Waals surface area contributed by atoms with Crippen LogP contribution in [0.25, 0.3) is 6.08 Å². The first-order chi connectivity index (χ1) is 19.0. The van der Waals surface area contributed by atoms with Crippen molar-refractivity contribution in [2.45, 2.75) is 92.5 Å².